The van der Waals surface area contributed by atoms with Crippen molar-refractivity contribution < 1.29 is 18.0 Å². The molecule has 0 saturated carbocycles. The van der Waals surface area contributed by atoms with Crippen molar-refractivity contribution in [3.8, 4) is 0 Å². The van der Waals surface area contributed by atoms with Crippen molar-refractivity contribution in [2.24, 2.45) is 0 Å². The van der Waals surface area contributed by atoms with Crippen LogP contribution in [0.1, 0.15) is 6.92 Å². The number of nitrogens with zero attached hydrogens (tertiary/aromatic N) is 1. The predicted octanol–water partition coefficient (Wildman–Crippen LogP) is 2.59. The molecule has 2 amide bonds. The molecule has 88 valence electrons. The first-order chi connectivity index (χ1) is 7.47. The first-order valence-electron chi connectivity index (χ1n) is 4.63. The number of halogens is 3. The van der Waals surface area contributed by atoms with Crippen LogP contribution in [0.3, 0.4) is 0 Å². The highest BCUT2D eigenvalue weighted by Crippen LogP contribution is 2.19. The zero-order valence-electron chi connectivity index (χ0n) is 8.85. The molecule has 1 rings (SSSR count). The maximum atomic E-state index is 13.1. The Kier molecular flexibility index (Phi) is 3.76. The van der Waals surface area contributed by atoms with Gasteiger partial charge in [-0.05, 0) is 19.1 Å². The van der Waals surface area contributed by atoms with Crippen LogP contribution in [0.2, 0.25) is 0 Å². The maximum Gasteiger partial charge on any atom is 0.321 e. The lowest BCUT2D eigenvalue weighted by molar-refractivity contribution is 0.224. The van der Waals surface area contributed by atoms with E-state index in [2.05, 4.69) is 5.32 Å². The van der Waals surface area contributed by atoms with Gasteiger partial charge in [-0.15, -0.1) is 0 Å². The van der Waals surface area contributed by atoms with Gasteiger partial charge in [-0.3, -0.25) is 0 Å². The molecule has 0 aromatic heterocycles. The summed E-state index contributed by atoms with van der Waals surface area (Å²) >= 11 is 0. The molecule has 0 saturated heterocycles. The molecule has 0 radical (unpaired) electrons. The average molecular weight is 232 g/mol. The van der Waals surface area contributed by atoms with Crippen LogP contribution in [0.25, 0.3) is 0 Å². The lowest BCUT2D eigenvalue weighted by Gasteiger charge is -2.15. The summed E-state index contributed by atoms with van der Waals surface area (Å²) in [5.41, 5.74) is -0.385. The lowest BCUT2D eigenvalue weighted by atomic mass is 10.3. The first kappa shape index (κ1) is 12.4. The van der Waals surface area contributed by atoms with Crippen molar-refractivity contribution in [3.05, 3.63) is 29.6 Å². The van der Waals surface area contributed by atoms with E-state index in [0.29, 0.717) is 6.54 Å². The van der Waals surface area contributed by atoms with Crippen molar-refractivity contribution in [1.82, 2.24) is 4.90 Å². The van der Waals surface area contributed by atoms with Gasteiger partial charge in [0.15, 0.2) is 17.5 Å². The minimum absolute atomic E-state index is 0.385. The summed E-state index contributed by atoms with van der Waals surface area (Å²) < 4.78 is 38.5. The Bertz CT molecular complexity index is 409. The molecule has 3 nitrogen and oxygen atoms in total. The summed E-state index contributed by atoms with van der Waals surface area (Å²) in [4.78, 5) is 12.6. The SMILES string of the molecule is CCN(C)C(=O)Nc1ccc(F)c(F)c1F. The number of amides is 2. The molecule has 0 aliphatic rings. The fraction of sp³-hybridized carbons (Fsp3) is 0.300. The van der Waals surface area contributed by atoms with Crippen molar-refractivity contribution in [3.63, 3.8) is 0 Å². The lowest BCUT2D eigenvalue weighted by Crippen LogP contribution is -2.31. The Labute approximate surface area is 90.9 Å². The number of hydrogen-bond acceptors (Lipinski definition) is 1. The molecule has 0 fully saturated rings. The van der Waals surface area contributed by atoms with Gasteiger partial charge in [0.2, 0.25) is 0 Å². The number of hydrogen-bond donors (Lipinski definition) is 1. The number of rotatable bonds is 2. The van der Waals surface area contributed by atoms with E-state index in [4.69, 9.17) is 0 Å². The van der Waals surface area contributed by atoms with Crippen LogP contribution in [0.15, 0.2) is 12.1 Å². The zero-order valence-corrected chi connectivity index (χ0v) is 8.85. The van der Waals surface area contributed by atoms with Gasteiger partial charge >= 0.3 is 6.03 Å². The second-order valence-corrected chi connectivity index (χ2v) is 3.17. The third-order valence-corrected chi connectivity index (χ3v) is 2.10. The fourth-order valence-electron chi connectivity index (χ4n) is 0.977. The van der Waals surface area contributed by atoms with Gasteiger partial charge in [0, 0.05) is 13.6 Å². The number of benzene rings is 1. The summed E-state index contributed by atoms with van der Waals surface area (Å²) in [5.74, 6) is -4.30. The summed E-state index contributed by atoms with van der Waals surface area (Å²) in [5, 5.41) is 2.13. The maximum absolute atomic E-state index is 13.1. The largest absolute Gasteiger partial charge is 0.328 e. The van der Waals surface area contributed by atoms with Gasteiger partial charge in [-0.25, -0.2) is 18.0 Å². The van der Waals surface area contributed by atoms with Crippen LogP contribution >= 0.6 is 0 Å². The monoisotopic (exact) mass is 232 g/mol. The molecule has 16 heavy (non-hydrogen) atoms. The molecule has 0 heterocycles. The third-order valence-electron chi connectivity index (χ3n) is 2.10. The van der Waals surface area contributed by atoms with Gasteiger partial charge in [0.1, 0.15) is 0 Å². The first-order valence-corrected chi connectivity index (χ1v) is 4.63. The van der Waals surface area contributed by atoms with Crippen LogP contribution in [0, 0.1) is 17.5 Å². The summed E-state index contributed by atoms with van der Waals surface area (Å²) in [6.45, 7) is 2.14. The number of nitrogens with one attached hydrogen (secondary N) is 1. The van der Waals surface area contributed by atoms with Crippen molar-refractivity contribution in [2.45, 2.75) is 6.92 Å². The fourth-order valence-corrected chi connectivity index (χ4v) is 0.977. The Balaban J connectivity index is 2.91. The van der Waals surface area contributed by atoms with E-state index >= 15 is 0 Å². The quantitative estimate of drug-likeness (QED) is 0.781. The molecular formula is C10H11F3N2O. The molecule has 0 atom stereocenters. The molecule has 0 bridgehead atoms. The Morgan fingerprint density at radius 3 is 2.50 bits per heavy atom. The number of urea groups is 1. The molecular weight excluding hydrogens is 221 g/mol. The summed E-state index contributed by atoms with van der Waals surface area (Å²) in [7, 11) is 1.49. The highest BCUT2D eigenvalue weighted by Gasteiger charge is 2.16. The highest BCUT2D eigenvalue weighted by molar-refractivity contribution is 5.89. The number of carbonyl (C=O) groups excluding carboxylic acids is 1. The third kappa shape index (κ3) is 2.44. The average Bonchev–Trinajstić information content (AvgIpc) is 2.28. The smallest absolute Gasteiger partial charge is 0.321 e. The normalized spacial score (nSPS) is 10.1. The van der Waals surface area contributed by atoms with Gasteiger partial charge in [-0.2, -0.15) is 0 Å². The van der Waals surface area contributed by atoms with E-state index in [0.717, 1.165) is 12.1 Å². The number of carbonyl (C=O) groups is 1. The second kappa shape index (κ2) is 4.87. The zero-order chi connectivity index (χ0) is 12.3. The Morgan fingerprint density at radius 2 is 1.94 bits per heavy atom. The van der Waals surface area contributed by atoms with Crippen LogP contribution in [-0.4, -0.2) is 24.5 Å². The van der Waals surface area contributed by atoms with E-state index < -0.39 is 23.5 Å². The van der Waals surface area contributed by atoms with Crippen molar-refractivity contribution in [2.75, 3.05) is 18.9 Å². The Hall–Kier alpha value is -1.72. The van der Waals surface area contributed by atoms with E-state index in [1.807, 2.05) is 0 Å². The molecule has 1 aromatic rings. The van der Waals surface area contributed by atoms with Crippen molar-refractivity contribution in [1.29, 1.82) is 0 Å². The standard InChI is InChI=1S/C10H11F3N2O/c1-3-15(2)10(16)14-7-5-4-6(11)8(12)9(7)13/h4-5H,3H2,1-2H3,(H,14,16). The van der Waals surface area contributed by atoms with Crippen LogP contribution in [0.4, 0.5) is 23.7 Å². The van der Waals surface area contributed by atoms with Crippen LogP contribution in [-0.2, 0) is 0 Å². The molecule has 0 aliphatic heterocycles. The second-order valence-electron chi connectivity index (χ2n) is 3.17. The molecule has 0 spiro atoms. The van der Waals surface area contributed by atoms with E-state index in [9.17, 15) is 18.0 Å². The highest BCUT2D eigenvalue weighted by atomic mass is 19.2. The van der Waals surface area contributed by atoms with E-state index in [1.165, 1.54) is 11.9 Å². The van der Waals surface area contributed by atoms with Crippen molar-refractivity contribution >= 4 is 11.7 Å². The molecule has 1 aromatic carbocycles. The topological polar surface area (TPSA) is 32.3 Å². The van der Waals surface area contributed by atoms with Gasteiger partial charge < -0.3 is 10.2 Å². The van der Waals surface area contributed by atoms with Gasteiger partial charge in [0.25, 0.3) is 0 Å². The van der Waals surface area contributed by atoms with Crippen LogP contribution < -0.4 is 5.32 Å². The number of anilines is 1. The van der Waals surface area contributed by atoms with Gasteiger partial charge in [-0.1, -0.05) is 0 Å². The summed E-state index contributed by atoms with van der Waals surface area (Å²) in [6.07, 6.45) is 0. The Morgan fingerprint density at radius 1 is 1.31 bits per heavy atom. The predicted molar refractivity (Wildman–Crippen MR) is 53.6 cm³/mol. The minimum atomic E-state index is -1.60. The minimum Gasteiger partial charge on any atom is -0.328 e. The molecule has 0 aliphatic carbocycles. The van der Waals surface area contributed by atoms with E-state index in [1.54, 1.807) is 6.92 Å². The van der Waals surface area contributed by atoms with E-state index in [-0.39, 0.29) is 5.69 Å². The molecule has 1 N–H and O–H groups in total. The summed E-state index contributed by atoms with van der Waals surface area (Å²) in [6, 6.07) is 1.13. The van der Waals surface area contributed by atoms with Gasteiger partial charge in [0.05, 0.1) is 5.69 Å². The molecule has 6 heteroatoms. The van der Waals surface area contributed by atoms with Crippen LogP contribution in [0.5, 0.6) is 0 Å². The molecule has 0 unspecified atom stereocenters.